The summed E-state index contributed by atoms with van der Waals surface area (Å²) in [5.74, 6) is -0.906. The molecule has 19 heavy (non-hydrogen) atoms. The van der Waals surface area contributed by atoms with Gasteiger partial charge < -0.3 is 10.2 Å². The van der Waals surface area contributed by atoms with Crippen LogP contribution < -0.4 is 5.32 Å². The number of alkyl halides is 3. The molecule has 2 nitrogen and oxygen atoms in total. The average molecular weight is 280 g/mol. The van der Waals surface area contributed by atoms with Crippen LogP contribution in [-0.2, 0) is 0 Å². The largest absolute Gasteiger partial charge is 0.391 e. The minimum absolute atomic E-state index is 0.176. The Morgan fingerprint density at radius 2 is 2.00 bits per heavy atom. The minimum Gasteiger partial charge on any atom is -0.313 e. The molecule has 0 heterocycles. The van der Waals surface area contributed by atoms with Crippen molar-refractivity contribution in [1.29, 1.82) is 0 Å². The van der Waals surface area contributed by atoms with Gasteiger partial charge in [-0.05, 0) is 52.2 Å². The Labute approximate surface area is 114 Å². The summed E-state index contributed by atoms with van der Waals surface area (Å²) in [6.45, 7) is 6.83. The predicted molar refractivity (Wildman–Crippen MR) is 72.1 cm³/mol. The molecule has 0 amide bonds. The molecule has 1 saturated carbocycles. The number of hydrogen-bond donors (Lipinski definition) is 1. The summed E-state index contributed by atoms with van der Waals surface area (Å²) < 4.78 is 38.1. The van der Waals surface area contributed by atoms with Crippen molar-refractivity contribution in [3.8, 4) is 0 Å². The fourth-order valence-corrected chi connectivity index (χ4v) is 2.80. The van der Waals surface area contributed by atoms with Crippen LogP contribution in [0.15, 0.2) is 0 Å². The lowest BCUT2D eigenvalue weighted by atomic mass is 9.81. The number of halogens is 3. The van der Waals surface area contributed by atoms with Crippen molar-refractivity contribution in [3.05, 3.63) is 0 Å². The first-order chi connectivity index (χ1) is 8.82. The van der Waals surface area contributed by atoms with Gasteiger partial charge in [-0.1, -0.05) is 13.3 Å². The van der Waals surface area contributed by atoms with E-state index in [4.69, 9.17) is 0 Å². The fraction of sp³-hybridized carbons (Fsp3) is 1.00. The van der Waals surface area contributed by atoms with Gasteiger partial charge in [0.15, 0.2) is 0 Å². The molecule has 1 rings (SSSR count). The van der Waals surface area contributed by atoms with E-state index in [9.17, 15) is 13.2 Å². The summed E-state index contributed by atoms with van der Waals surface area (Å²) in [7, 11) is 2.05. The van der Waals surface area contributed by atoms with Gasteiger partial charge in [-0.2, -0.15) is 13.2 Å². The van der Waals surface area contributed by atoms with E-state index in [0.29, 0.717) is 31.8 Å². The molecular weight excluding hydrogens is 253 g/mol. The molecule has 0 aromatic rings. The van der Waals surface area contributed by atoms with E-state index in [2.05, 4.69) is 31.1 Å². The van der Waals surface area contributed by atoms with E-state index < -0.39 is 12.1 Å². The van der Waals surface area contributed by atoms with Crippen molar-refractivity contribution in [2.45, 2.75) is 51.7 Å². The molecule has 1 aliphatic rings. The highest BCUT2D eigenvalue weighted by Crippen LogP contribution is 2.39. The standard InChI is InChI=1S/C14H27F3N2/c1-4-19(3)10-11(2)18-9-12-6-5-7-13(8-12)14(15,16)17/h11-13,18H,4-10H2,1-3H3. The Bertz CT molecular complexity index is 256. The van der Waals surface area contributed by atoms with E-state index in [-0.39, 0.29) is 5.92 Å². The number of rotatable bonds is 6. The molecule has 1 N–H and O–H groups in total. The summed E-state index contributed by atoms with van der Waals surface area (Å²) in [4.78, 5) is 2.21. The van der Waals surface area contributed by atoms with Gasteiger partial charge in [-0.15, -0.1) is 0 Å². The first-order valence-corrected chi connectivity index (χ1v) is 7.31. The predicted octanol–water partition coefficient (Wildman–Crippen LogP) is 3.28. The topological polar surface area (TPSA) is 15.3 Å². The molecule has 3 unspecified atom stereocenters. The normalized spacial score (nSPS) is 26.7. The molecule has 0 aromatic carbocycles. The summed E-state index contributed by atoms with van der Waals surface area (Å²) in [6.07, 6.45) is -1.76. The van der Waals surface area contributed by atoms with Gasteiger partial charge in [0.1, 0.15) is 0 Å². The highest BCUT2D eigenvalue weighted by atomic mass is 19.4. The molecule has 114 valence electrons. The molecule has 1 aliphatic carbocycles. The van der Waals surface area contributed by atoms with Crippen LogP contribution in [0.2, 0.25) is 0 Å². The van der Waals surface area contributed by atoms with Gasteiger partial charge in [-0.3, -0.25) is 0 Å². The van der Waals surface area contributed by atoms with Gasteiger partial charge >= 0.3 is 6.18 Å². The molecule has 1 fully saturated rings. The zero-order valence-electron chi connectivity index (χ0n) is 12.3. The Balaban J connectivity index is 2.29. The molecule has 0 saturated heterocycles. The molecule has 0 radical (unpaired) electrons. The second-order valence-electron chi connectivity index (χ2n) is 5.94. The first kappa shape index (κ1) is 16.8. The maximum atomic E-state index is 12.7. The van der Waals surface area contributed by atoms with Crippen molar-refractivity contribution < 1.29 is 13.2 Å². The van der Waals surface area contributed by atoms with Gasteiger partial charge in [0, 0.05) is 12.6 Å². The molecule has 5 heteroatoms. The third kappa shape index (κ3) is 6.13. The van der Waals surface area contributed by atoms with Crippen LogP contribution in [0.3, 0.4) is 0 Å². The van der Waals surface area contributed by atoms with E-state index >= 15 is 0 Å². The summed E-state index contributed by atoms with van der Waals surface area (Å²) in [5.41, 5.74) is 0. The van der Waals surface area contributed by atoms with Crippen LogP contribution in [0.4, 0.5) is 13.2 Å². The molecule has 0 aliphatic heterocycles. The zero-order chi connectivity index (χ0) is 14.5. The smallest absolute Gasteiger partial charge is 0.313 e. The monoisotopic (exact) mass is 280 g/mol. The highest BCUT2D eigenvalue weighted by molar-refractivity contribution is 4.80. The maximum Gasteiger partial charge on any atom is 0.391 e. The summed E-state index contributed by atoms with van der Waals surface area (Å²) in [6, 6.07) is 0.330. The van der Waals surface area contributed by atoms with Crippen molar-refractivity contribution in [2.75, 3.05) is 26.7 Å². The molecule has 3 atom stereocenters. The number of nitrogens with zero attached hydrogens (tertiary/aromatic N) is 1. The molecule has 0 aromatic heterocycles. The summed E-state index contributed by atoms with van der Waals surface area (Å²) in [5, 5.41) is 3.38. The molecular formula is C14H27F3N2. The van der Waals surface area contributed by atoms with E-state index in [1.807, 2.05) is 0 Å². The van der Waals surface area contributed by atoms with Crippen LogP contribution in [0.5, 0.6) is 0 Å². The van der Waals surface area contributed by atoms with Crippen LogP contribution >= 0.6 is 0 Å². The second kappa shape index (κ2) is 7.48. The van der Waals surface area contributed by atoms with Crippen molar-refractivity contribution in [2.24, 2.45) is 11.8 Å². The molecule has 0 spiro atoms. The van der Waals surface area contributed by atoms with Gasteiger partial charge in [-0.25, -0.2) is 0 Å². The number of nitrogens with one attached hydrogen (secondary N) is 1. The third-order valence-electron chi connectivity index (χ3n) is 4.13. The maximum absolute atomic E-state index is 12.7. The van der Waals surface area contributed by atoms with Crippen LogP contribution in [0, 0.1) is 11.8 Å². The highest BCUT2D eigenvalue weighted by Gasteiger charge is 2.41. The lowest BCUT2D eigenvalue weighted by molar-refractivity contribution is -0.185. The quantitative estimate of drug-likeness (QED) is 0.803. The van der Waals surface area contributed by atoms with E-state index in [0.717, 1.165) is 19.5 Å². The van der Waals surface area contributed by atoms with Crippen LogP contribution in [0.1, 0.15) is 39.5 Å². The Morgan fingerprint density at radius 3 is 2.58 bits per heavy atom. The lowest BCUT2D eigenvalue weighted by Crippen LogP contribution is -2.41. The van der Waals surface area contributed by atoms with Crippen LogP contribution in [-0.4, -0.2) is 43.8 Å². The third-order valence-corrected chi connectivity index (χ3v) is 4.13. The lowest BCUT2D eigenvalue weighted by Gasteiger charge is -2.31. The SMILES string of the molecule is CCN(C)CC(C)NCC1CCCC(C(F)(F)F)C1. The summed E-state index contributed by atoms with van der Waals surface area (Å²) >= 11 is 0. The average Bonchev–Trinajstić information content (AvgIpc) is 2.35. The Kier molecular flexibility index (Phi) is 6.60. The van der Waals surface area contributed by atoms with Crippen molar-refractivity contribution in [3.63, 3.8) is 0 Å². The van der Waals surface area contributed by atoms with Crippen LogP contribution in [0.25, 0.3) is 0 Å². The second-order valence-corrected chi connectivity index (χ2v) is 5.94. The van der Waals surface area contributed by atoms with Crippen molar-refractivity contribution >= 4 is 0 Å². The Hall–Kier alpha value is -0.290. The molecule has 0 bridgehead atoms. The first-order valence-electron chi connectivity index (χ1n) is 7.31. The zero-order valence-corrected chi connectivity index (χ0v) is 12.3. The van der Waals surface area contributed by atoms with Gasteiger partial charge in [0.05, 0.1) is 5.92 Å². The van der Waals surface area contributed by atoms with Gasteiger partial charge in [0.25, 0.3) is 0 Å². The number of hydrogen-bond acceptors (Lipinski definition) is 2. The number of likely N-dealkylation sites (N-methyl/N-ethyl adjacent to an activating group) is 1. The van der Waals surface area contributed by atoms with E-state index in [1.54, 1.807) is 0 Å². The minimum atomic E-state index is -4.01. The van der Waals surface area contributed by atoms with Crippen molar-refractivity contribution in [1.82, 2.24) is 10.2 Å². The van der Waals surface area contributed by atoms with E-state index in [1.165, 1.54) is 0 Å². The van der Waals surface area contributed by atoms with Gasteiger partial charge in [0.2, 0.25) is 0 Å². The Morgan fingerprint density at radius 1 is 1.32 bits per heavy atom. The fourth-order valence-electron chi connectivity index (χ4n) is 2.80.